The van der Waals surface area contributed by atoms with E-state index >= 15 is 0 Å². The summed E-state index contributed by atoms with van der Waals surface area (Å²) < 4.78 is 4.84. The Hall–Kier alpha value is -1.92. The highest BCUT2D eigenvalue weighted by atomic mass is 16.5. The number of hydrogen-bond acceptors (Lipinski definition) is 4. The molecule has 0 aliphatic heterocycles. The molecule has 0 bridgehead atoms. The quantitative estimate of drug-likeness (QED) is 0.637. The van der Waals surface area contributed by atoms with E-state index in [2.05, 4.69) is 10.6 Å². The van der Waals surface area contributed by atoms with E-state index in [1.807, 2.05) is 0 Å². The number of amides is 1. The zero-order valence-electron chi connectivity index (χ0n) is 11.0. The molecular formula is C13H18N2O4. The van der Waals surface area contributed by atoms with Gasteiger partial charge in [0, 0.05) is 19.3 Å². The fraction of sp³-hybridized carbons (Fsp3) is 0.385. The molecule has 6 heteroatoms. The van der Waals surface area contributed by atoms with Gasteiger partial charge in [-0.2, -0.15) is 0 Å². The van der Waals surface area contributed by atoms with Crippen LogP contribution in [0.4, 0.5) is 5.69 Å². The Morgan fingerprint density at radius 2 is 2.11 bits per heavy atom. The number of carbonyl (C=O) groups excluding carboxylic acids is 1. The second kappa shape index (κ2) is 7.50. The van der Waals surface area contributed by atoms with Gasteiger partial charge in [0.25, 0.3) is 0 Å². The molecule has 19 heavy (non-hydrogen) atoms. The third-order valence-electron chi connectivity index (χ3n) is 2.52. The largest absolute Gasteiger partial charge is 0.478 e. The molecule has 0 aliphatic carbocycles. The van der Waals surface area contributed by atoms with Crippen LogP contribution in [0.25, 0.3) is 0 Å². The monoisotopic (exact) mass is 266 g/mol. The van der Waals surface area contributed by atoms with Crippen molar-refractivity contribution < 1.29 is 19.4 Å². The summed E-state index contributed by atoms with van der Waals surface area (Å²) in [5, 5.41) is 14.5. The van der Waals surface area contributed by atoms with Crippen molar-refractivity contribution in [3.63, 3.8) is 0 Å². The van der Waals surface area contributed by atoms with Crippen LogP contribution < -0.4 is 10.6 Å². The van der Waals surface area contributed by atoms with Crippen LogP contribution in [0.3, 0.4) is 0 Å². The first-order chi connectivity index (χ1) is 9.04. The van der Waals surface area contributed by atoms with Gasteiger partial charge in [-0.1, -0.05) is 6.07 Å². The number of methoxy groups -OCH3 is 1. The number of anilines is 1. The number of nitrogens with one attached hydrogen (secondary N) is 2. The van der Waals surface area contributed by atoms with Crippen molar-refractivity contribution >= 4 is 17.6 Å². The number of carboxylic acid groups (broad SMARTS) is 1. The average Bonchev–Trinajstić information content (AvgIpc) is 2.36. The highest BCUT2D eigenvalue weighted by Crippen LogP contribution is 2.15. The molecule has 6 nitrogen and oxygen atoms in total. The molecule has 0 spiro atoms. The zero-order chi connectivity index (χ0) is 14.3. The molecule has 1 aromatic carbocycles. The fourth-order valence-corrected chi connectivity index (χ4v) is 1.51. The van der Waals surface area contributed by atoms with Crippen molar-refractivity contribution in [1.29, 1.82) is 0 Å². The minimum atomic E-state index is -1.01. The van der Waals surface area contributed by atoms with Gasteiger partial charge < -0.3 is 20.5 Å². The first kappa shape index (κ1) is 15.1. The smallest absolute Gasteiger partial charge is 0.336 e. The number of rotatable bonds is 7. The van der Waals surface area contributed by atoms with Gasteiger partial charge in [-0.15, -0.1) is 0 Å². The third-order valence-corrected chi connectivity index (χ3v) is 2.52. The molecule has 0 saturated carbocycles. The van der Waals surface area contributed by atoms with Crippen LogP contribution in [0.1, 0.15) is 15.9 Å². The number of aryl methyl sites for hydroxylation is 1. The van der Waals surface area contributed by atoms with E-state index in [-0.39, 0.29) is 18.0 Å². The molecule has 0 radical (unpaired) electrons. The first-order valence-electron chi connectivity index (χ1n) is 5.88. The van der Waals surface area contributed by atoms with Gasteiger partial charge in [-0.05, 0) is 24.6 Å². The van der Waals surface area contributed by atoms with Crippen molar-refractivity contribution in [2.75, 3.05) is 32.1 Å². The lowest BCUT2D eigenvalue weighted by Gasteiger charge is -2.08. The topological polar surface area (TPSA) is 87.7 Å². The summed E-state index contributed by atoms with van der Waals surface area (Å²) in [5.74, 6) is -1.23. The SMILES string of the molecule is COCCNCC(=O)Nc1ccc(C)c(C(=O)O)c1. The number of aromatic carboxylic acids is 1. The van der Waals surface area contributed by atoms with E-state index in [1.54, 1.807) is 26.2 Å². The fourth-order valence-electron chi connectivity index (χ4n) is 1.51. The van der Waals surface area contributed by atoms with Gasteiger partial charge in [0.05, 0.1) is 18.7 Å². The van der Waals surface area contributed by atoms with Crippen molar-refractivity contribution in [3.8, 4) is 0 Å². The normalized spacial score (nSPS) is 10.2. The number of carbonyl (C=O) groups is 2. The molecule has 104 valence electrons. The maximum Gasteiger partial charge on any atom is 0.336 e. The number of carboxylic acids is 1. The zero-order valence-corrected chi connectivity index (χ0v) is 11.0. The Bertz CT molecular complexity index is 460. The molecule has 0 saturated heterocycles. The molecule has 0 aromatic heterocycles. The van der Waals surface area contributed by atoms with Crippen LogP contribution in [0.2, 0.25) is 0 Å². The van der Waals surface area contributed by atoms with E-state index in [1.165, 1.54) is 6.07 Å². The number of ether oxygens (including phenoxy) is 1. The highest BCUT2D eigenvalue weighted by Gasteiger charge is 2.09. The summed E-state index contributed by atoms with van der Waals surface area (Å²) in [4.78, 5) is 22.5. The Labute approximate surface area is 111 Å². The summed E-state index contributed by atoms with van der Waals surface area (Å²) in [6, 6.07) is 4.79. The van der Waals surface area contributed by atoms with Gasteiger partial charge >= 0.3 is 5.97 Å². The van der Waals surface area contributed by atoms with E-state index in [0.29, 0.717) is 24.4 Å². The lowest BCUT2D eigenvalue weighted by atomic mass is 10.1. The standard InChI is InChI=1S/C13H18N2O4/c1-9-3-4-10(7-11(9)13(17)18)15-12(16)8-14-5-6-19-2/h3-4,7,14H,5-6,8H2,1-2H3,(H,15,16)(H,17,18). The van der Waals surface area contributed by atoms with E-state index in [0.717, 1.165) is 0 Å². The minimum Gasteiger partial charge on any atom is -0.478 e. The molecule has 1 rings (SSSR count). The molecule has 1 amide bonds. The lowest BCUT2D eigenvalue weighted by Crippen LogP contribution is -2.30. The van der Waals surface area contributed by atoms with E-state index < -0.39 is 5.97 Å². The Kier molecular flexibility index (Phi) is 5.98. The van der Waals surface area contributed by atoms with Gasteiger partial charge in [0.1, 0.15) is 0 Å². The summed E-state index contributed by atoms with van der Waals surface area (Å²) in [7, 11) is 1.58. The van der Waals surface area contributed by atoms with Crippen molar-refractivity contribution in [2.24, 2.45) is 0 Å². The molecule has 0 fully saturated rings. The van der Waals surface area contributed by atoms with Crippen molar-refractivity contribution in [1.82, 2.24) is 5.32 Å². The number of hydrogen-bond donors (Lipinski definition) is 3. The van der Waals surface area contributed by atoms with Gasteiger partial charge in [0.2, 0.25) is 5.91 Å². The Balaban J connectivity index is 2.55. The summed E-state index contributed by atoms with van der Waals surface area (Å²) in [6.45, 7) is 2.97. The van der Waals surface area contributed by atoms with E-state index in [9.17, 15) is 9.59 Å². The summed E-state index contributed by atoms with van der Waals surface area (Å²) >= 11 is 0. The Morgan fingerprint density at radius 3 is 2.74 bits per heavy atom. The molecule has 0 unspecified atom stereocenters. The summed E-state index contributed by atoms with van der Waals surface area (Å²) in [5.41, 5.74) is 1.32. The van der Waals surface area contributed by atoms with Crippen LogP contribution in [0.5, 0.6) is 0 Å². The van der Waals surface area contributed by atoms with Crippen molar-refractivity contribution in [3.05, 3.63) is 29.3 Å². The van der Waals surface area contributed by atoms with Crippen LogP contribution in [-0.4, -0.2) is 43.8 Å². The molecule has 0 heterocycles. The molecule has 0 atom stereocenters. The second-order valence-electron chi connectivity index (χ2n) is 4.05. The van der Waals surface area contributed by atoms with E-state index in [4.69, 9.17) is 9.84 Å². The average molecular weight is 266 g/mol. The highest BCUT2D eigenvalue weighted by molar-refractivity contribution is 5.95. The van der Waals surface area contributed by atoms with Crippen molar-refractivity contribution in [2.45, 2.75) is 6.92 Å². The van der Waals surface area contributed by atoms with Crippen LogP contribution in [0.15, 0.2) is 18.2 Å². The maximum atomic E-state index is 11.6. The van der Waals surface area contributed by atoms with Gasteiger partial charge in [-0.25, -0.2) is 4.79 Å². The number of benzene rings is 1. The molecule has 1 aromatic rings. The minimum absolute atomic E-state index is 0.152. The maximum absolute atomic E-state index is 11.6. The predicted octanol–water partition coefficient (Wildman–Crippen LogP) is 0.868. The third kappa shape index (κ3) is 5.07. The first-order valence-corrected chi connectivity index (χ1v) is 5.88. The summed E-state index contributed by atoms with van der Waals surface area (Å²) in [6.07, 6.45) is 0. The Morgan fingerprint density at radius 1 is 1.37 bits per heavy atom. The molecular weight excluding hydrogens is 248 g/mol. The second-order valence-corrected chi connectivity index (χ2v) is 4.05. The molecule has 3 N–H and O–H groups in total. The van der Waals surface area contributed by atoms with Crippen LogP contribution in [0, 0.1) is 6.92 Å². The van der Waals surface area contributed by atoms with Gasteiger partial charge in [0.15, 0.2) is 0 Å². The lowest BCUT2D eigenvalue weighted by molar-refractivity contribution is -0.115. The predicted molar refractivity (Wildman–Crippen MR) is 71.5 cm³/mol. The molecule has 0 aliphatic rings. The van der Waals surface area contributed by atoms with Crippen LogP contribution >= 0.6 is 0 Å². The van der Waals surface area contributed by atoms with Gasteiger partial charge in [-0.3, -0.25) is 4.79 Å². The van der Waals surface area contributed by atoms with Crippen LogP contribution in [-0.2, 0) is 9.53 Å².